The molecule has 0 amide bonds. The number of ether oxygens (including phenoxy) is 1. The highest BCUT2D eigenvalue weighted by atomic mass is 79.9. The number of nitrogens with zero attached hydrogens (tertiary/aromatic N) is 1. The Hall–Kier alpha value is -0.720. The lowest BCUT2D eigenvalue weighted by Gasteiger charge is -2.13. The summed E-state index contributed by atoms with van der Waals surface area (Å²) in [5.74, 6) is -0.284. The Kier molecular flexibility index (Phi) is 5.30. The monoisotopic (exact) mass is 320 g/mol. The van der Waals surface area contributed by atoms with Crippen LogP contribution in [0.4, 0.5) is 4.39 Å². The number of rotatable bonds is 5. The zero-order chi connectivity index (χ0) is 13.0. The zero-order valence-electron chi connectivity index (χ0n) is 9.67. The summed E-state index contributed by atoms with van der Waals surface area (Å²) < 4.78 is 19.4. The maximum absolute atomic E-state index is 13.8. The molecule has 1 rings (SSSR count). The first-order chi connectivity index (χ1) is 7.93. The van der Waals surface area contributed by atoms with E-state index in [-0.39, 0.29) is 15.2 Å². The van der Waals surface area contributed by atoms with Gasteiger partial charge in [-0.15, -0.1) is 0 Å². The molecule has 17 heavy (non-hydrogen) atoms. The summed E-state index contributed by atoms with van der Waals surface area (Å²) >= 11 is 7.93. The molecule has 0 radical (unpaired) electrons. The predicted octanol–water partition coefficient (Wildman–Crippen LogP) is 2.16. The number of nitrogens with two attached hydrogens (primary N) is 1. The zero-order valence-corrected chi connectivity index (χ0v) is 12.1. The van der Waals surface area contributed by atoms with Crippen molar-refractivity contribution in [1.82, 2.24) is 4.90 Å². The molecule has 0 spiro atoms. The van der Waals surface area contributed by atoms with Gasteiger partial charge in [0.25, 0.3) is 0 Å². The maximum atomic E-state index is 13.8. The van der Waals surface area contributed by atoms with Crippen LogP contribution in [0.15, 0.2) is 16.6 Å². The third-order valence-corrected chi connectivity index (χ3v) is 3.10. The fourth-order valence-electron chi connectivity index (χ4n) is 1.17. The Labute approximate surface area is 114 Å². The summed E-state index contributed by atoms with van der Waals surface area (Å²) in [5, 5.41) is 0. The minimum absolute atomic E-state index is 0.149. The maximum Gasteiger partial charge on any atom is 0.179 e. The topological polar surface area (TPSA) is 38.5 Å². The van der Waals surface area contributed by atoms with Gasteiger partial charge >= 0.3 is 0 Å². The summed E-state index contributed by atoms with van der Waals surface area (Å²) in [6, 6.07) is 3.17. The minimum atomic E-state index is -0.478. The van der Waals surface area contributed by atoms with Gasteiger partial charge in [-0.3, -0.25) is 0 Å². The van der Waals surface area contributed by atoms with Gasteiger partial charge < -0.3 is 15.4 Å². The molecule has 0 atom stereocenters. The number of thiocarbonyl (C=S) groups is 1. The van der Waals surface area contributed by atoms with Gasteiger partial charge in [0.05, 0.1) is 4.47 Å². The smallest absolute Gasteiger partial charge is 0.179 e. The summed E-state index contributed by atoms with van der Waals surface area (Å²) in [6.45, 7) is 1.14. The highest BCUT2D eigenvalue weighted by Crippen LogP contribution is 2.28. The van der Waals surface area contributed by atoms with E-state index >= 15 is 0 Å². The molecule has 0 saturated heterocycles. The standard InChI is InChI=1S/C11H14BrFN2OS/c1-15(2)5-6-16-8-4-3-7(11(14)17)9(12)10(8)13/h3-4H,5-6H2,1-2H3,(H2,14,17). The molecule has 3 nitrogen and oxygen atoms in total. The summed E-state index contributed by atoms with van der Waals surface area (Å²) in [4.78, 5) is 2.10. The second kappa shape index (κ2) is 6.28. The quantitative estimate of drug-likeness (QED) is 0.844. The Balaban J connectivity index is 2.82. The molecule has 0 heterocycles. The fraction of sp³-hybridized carbons (Fsp3) is 0.364. The molecule has 0 fully saturated rings. The van der Waals surface area contributed by atoms with E-state index in [4.69, 9.17) is 22.7 Å². The van der Waals surface area contributed by atoms with Crippen molar-refractivity contribution in [2.45, 2.75) is 0 Å². The molecule has 94 valence electrons. The van der Waals surface area contributed by atoms with Crippen molar-refractivity contribution < 1.29 is 9.13 Å². The van der Waals surface area contributed by atoms with E-state index < -0.39 is 5.82 Å². The van der Waals surface area contributed by atoms with Gasteiger partial charge in [0.2, 0.25) is 0 Å². The number of benzene rings is 1. The molecular formula is C11H14BrFN2OS. The molecule has 0 unspecified atom stereocenters. The number of hydrogen-bond donors (Lipinski definition) is 1. The van der Waals surface area contributed by atoms with Crippen LogP contribution in [0.5, 0.6) is 5.75 Å². The molecular weight excluding hydrogens is 307 g/mol. The van der Waals surface area contributed by atoms with Crippen LogP contribution in [0.25, 0.3) is 0 Å². The second-order valence-electron chi connectivity index (χ2n) is 3.76. The molecule has 0 aliphatic carbocycles. The SMILES string of the molecule is CN(C)CCOc1ccc(C(N)=S)c(Br)c1F. The van der Waals surface area contributed by atoms with Crippen LogP contribution >= 0.6 is 28.1 Å². The third kappa shape index (κ3) is 3.90. The summed E-state index contributed by atoms with van der Waals surface area (Å²) in [7, 11) is 3.84. The third-order valence-electron chi connectivity index (χ3n) is 2.11. The number of hydrogen-bond acceptors (Lipinski definition) is 3. The normalized spacial score (nSPS) is 10.6. The van der Waals surface area contributed by atoms with Crippen LogP contribution in [0.1, 0.15) is 5.56 Å². The first kappa shape index (κ1) is 14.3. The van der Waals surface area contributed by atoms with E-state index in [9.17, 15) is 4.39 Å². The van der Waals surface area contributed by atoms with E-state index in [1.165, 1.54) is 6.07 Å². The Bertz CT molecular complexity index is 426. The molecule has 0 saturated carbocycles. The van der Waals surface area contributed by atoms with Crippen LogP contribution in [0.2, 0.25) is 0 Å². The van der Waals surface area contributed by atoms with Gasteiger partial charge in [-0.2, -0.15) is 0 Å². The van der Waals surface area contributed by atoms with Crippen molar-refractivity contribution in [3.05, 3.63) is 28.0 Å². The second-order valence-corrected chi connectivity index (χ2v) is 4.99. The lowest BCUT2D eigenvalue weighted by Crippen LogP contribution is -2.20. The summed E-state index contributed by atoms with van der Waals surface area (Å²) in [6.07, 6.45) is 0. The summed E-state index contributed by atoms with van der Waals surface area (Å²) in [5.41, 5.74) is 5.93. The molecule has 6 heteroatoms. The molecule has 0 aliphatic rings. The first-order valence-corrected chi connectivity index (χ1v) is 6.19. The van der Waals surface area contributed by atoms with Gasteiger partial charge in [-0.1, -0.05) is 12.2 Å². The van der Waals surface area contributed by atoms with Crippen LogP contribution < -0.4 is 10.5 Å². The number of halogens is 2. The van der Waals surface area contributed by atoms with Crippen LogP contribution in [0.3, 0.4) is 0 Å². The van der Waals surface area contributed by atoms with Crippen LogP contribution in [-0.2, 0) is 0 Å². The van der Waals surface area contributed by atoms with E-state index in [1.54, 1.807) is 6.07 Å². The fourth-order valence-corrected chi connectivity index (χ4v) is 2.01. The highest BCUT2D eigenvalue weighted by Gasteiger charge is 2.13. The molecule has 0 aromatic heterocycles. The van der Waals surface area contributed by atoms with Crippen molar-refractivity contribution >= 4 is 33.1 Å². The van der Waals surface area contributed by atoms with Gasteiger partial charge in [-0.25, -0.2) is 4.39 Å². The van der Waals surface area contributed by atoms with Crippen LogP contribution in [0, 0.1) is 5.82 Å². The Morgan fingerprint density at radius 3 is 2.71 bits per heavy atom. The van der Waals surface area contributed by atoms with E-state index in [2.05, 4.69) is 15.9 Å². The molecule has 1 aromatic carbocycles. The van der Waals surface area contributed by atoms with Crippen molar-refractivity contribution in [3.63, 3.8) is 0 Å². The van der Waals surface area contributed by atoms with Gasteiger partial charge in [0, 0.05) is 12.1 Å². The molecule has 0 bridgehead atoms. The lowest BCUT2D eigenvalue weighted by molar-refractivity contribution is 0.252. The average molecular weight is 321 g/mol. The Morgan fingerprint density at radius 1 is 1.53 bits per heavy atom. The van der Waals surface area contributed by atoms with E-state index in [0.29, 0.717) is 18.7 Å². The minimum Gasteiger partial charge on any atom is -0.489 e. The van der Waals surface area contributed by atoms with Crippen molar-refractivity contribution in [1.29, 1.82) is 0 Å². The van der Waals surface area contributed by atoms with E-state index in [0.717, 1.165) is 0 Å². The van der Waals surface area contributed by atoms with Crippen molar-refractivity contribution in [2.75, 3.05) is 27.2 Å². The van der Waals surface area contributed by atoms with Crippen LogP contribution in [-0.4, -0.2) is 37.1 Å². The van der Waals surface area contributed by atoms with Crippen molar-refractivity contribution in [3.8, 4) is 5.75 Å². The van der Waals surface area contributed by atoms with Gasteiger partial charge in [-0.05, 0) is 42.2 Å². The average Bonchev–Trinajstić information content (AvgIpc) is 2.23. The Morgan fingerprint density at radius 2 is 2.18 bits per heavy atom. The van der Waals surface area contributed by atoms with Gasteiger partial charge in [0.15, 0.2) is 11.6 Å². The molecule has 0 aliphatic heterocycles. The lowest BCUT2D eigenvalue weighted by atomic mass is 10.2. The highest BCUT2D eigenvalue weighted by molar-refractivity contribution is 9.10. The predicted molar refractivity (Wildman–Crippen MR) is 74.0 cm³/mol. The van der Waals surface area contributed by atoms with E-state index in [1.807, 2.05) is 19.0 Å². The van der Waals surface area contributed by atoms with Crippen molar-refractivity contribution in [2.24, 2.45) is 5.73 Å². The van der Waals surface area contributed by atoms with Gasteiger partial charge in [0.1, 0.15) is 11.6 Å². The largest absolute Gasteiger partial charge is 0.489 e. The number of likely N-dealkylation sites (N-methyl/N-ethyl adjacent to an activating group) is 1. The molecule has 1 aromatic rings. The first-order valence-electron chi connectivity index (χ1n) is 4.98. The molecule has 2 N–H and O–H groups in total.